The Kier molecular flexibility index (Phi) is 3.98. The Morgan fingerprint density at radius 3 is 2.54 bits per heavy atom. The number of imidazole rings is 1. The highest BCUT2D eigenvalue weighted by Gasteiger charge is 2.37. The van der Waals surface area contributed by atoms with Gasteiger partial charge >= 0.3 is 12.1 Å². The number of ether oxygens (including phenoxy) is 2. The summed E-state index contributed by atoms with van der Waals surface area (Å²) in [6, 6.07) is 4.51. The van der Waals surface area contributed by atoms with Crippen LogP contribution in [0, 0.1) is 0 Å². The average molecular weight is 340 g/mol. The highest BCUT2D eigenvalue weighted by Crippen LogP contribution is 2.41. The lowest BCUT2D eigenvalue weighted by atomic mass is 10.1. The number of alkyl halides is 3. The molecule has 1 aromatic carbocycles. The van der Waals surface area contributed by atoms with E-state index in [1.54, 1.807) is 0 Å². The van der Waals surface area contributed by atoms with Crippen molar-refractivity contribution in [3.05, 3.63) is 35.7 Å². The standard InChI is InChI=1S/C16H15F3N2O3/c1-23-12-7-9(3-6-11(12)15(22)24-2)14-20-13(16(17,18)19)8-21(14)10-4-5-10/h3,6-8,10H,4-5H2,1-2H3. The van der Waals surface area contributed by atoms with Gasteiger partial charge in [-0.15, -0.1) is 0 Å². The molecule has 0 atom stereocenters. The SMILES string of the molecule is COC(=O)c1ccc(-c2nc(C(F)(F)F)cn2C2CC2)cc1OC. The maximum Gasteiger partial charge on any atom is 0.434 e. The lowest BCUT2D eigenvalue weighted by molar-refractivity contribution is -0.140. The Bertz CT molecular complexity index is 779. The van der Waals surface area contributed by atoms with Crippen LogP contribution < -0.4 is 4.74 Å². The van der Waals surface area contributed by atoms with Crippen LogP contribution in [0.2, 0.25) is 0 Å². The number of carbonyl (C=O) groups is 1. The molecule has 1 aromatic heterocycles. The largest absolute Gasteiger partial charge is 0.496 e. The first-order valence-electron chi connectivity index (χ1n) is 7.28. The minimum Gasteiger partial charge on any atom is -0.496 e. The van der Waals surface area contributed by atoms with Crippen LogP contribution in [-0.4, -0.2) is 29.7 Å². The Morgan fingerprint density at radius 1 is 1.29 bits per heavy atom. The summed E-state index contributed by atoms with van der Waals surface area (Å²) in [6.45, 7) is 0. The summed E-state index contributed by atoms with van der Waals surface area (Å²) in [5, 5.41) is 0. The molecule has 5 nitrogen and oxygen atoms in total. The molecule has 1 aliphatic rings. The number of benzene rings is 1. The van der Waals surface area contributed by atoms with Crippen LogP contribution in [0.5, 0.6) is 5.75 Å². The minimum atomic E-state index is -4.51. The topological polar surface area (TPSA) is 53.3 Å². The Balaban J connectivity index is 2.08. The zero-order valence-corrected chi connectivity index (χ0v) is 13.1. The number of esters is 1. The fourth-order valence-corrected chi connectivity index (χ4v) is 2.48. The molecule has 0 unspecified atom stereocenters. The van der Waals surface area contributed by atoms with Crippen LogP contribution in [0.15, 0.2) is 24.4 Å². The first-order chi connectivity index (χ1) is 11.3. The van der Waals surface area contributed by atoms with Gasteiger partial charge in [0.05, 0.1) is 14.2 Å². The number of rotatable bonds is 4. The Morgan fingerprint density at radius 2 is 2.00 bits per heavy atom. The summed E-state index contributed by atoms with van der Waals surface area (Å²) in [5.41, 5.74) is -0.286. The van der Waals surface area contributed by atoms with Crippen LogP contribution in [0.25, 0.3) is 11.4 Å². The van der Waals surface area contributed by atoms with E-state index < -0.39 is 17.8 Å². The highest BCUT2D eigenvalue weighted by atomic mass is 19.4. The molecule has 3 rings (SSSR count). The zero-order valence-electron chi connectivity index (χ0n) is 13.1. The van der Waals surface area contributed by atoms with Gasteiger partial charge in [0.2, 0.25) is 0 Å². The van der Waals surface area contributed by atoms with E-state index in [0.29, 0.717) is 5.56 Å². The molecule has 0 radical (unpaired) electrons. The summed E-state index contributed by atoms with van der Waals surface area (Å²) in [7, 11) is 2.62. The van der Waals surface area contributed by atoms with Crippen molar-refractivity contribution in [2.45, 2.75) is 25.1 Å². The normalized spacial score (nSPS) is 14.5. The second kappa shape index (κ2) is 5.85. The van der Waals surface area contributed by atoms with Crippen molar-refractivity contribution in [3.63, 3.8) is 0 Å². The van der Waals surface area contributed by atoms with Crippen molar-refractivity contribution < 1.29 is 27.4 Å². The predicted octanol–water partition coefficient (Wildman–Crippen LogP) is 3.70. The molecule has 0 amide bonds. The fraction of sp³-hybridized carbons (Fsp3) is 0.375. The van der Waals surface area contributed by atoms with E-state index in [2.05, 4.69) is 9.72 Å². The molecule has 0 bridgehead atoms. The van der Waals surface area contributed by atoms with Crippen LogP contribution in [0.3, 0.4) is 0 Å². The highest BCUT2D eigenvalue weighted by molar-refractivity contribution is 5.93. The third-order valence-electron chi connectivity index (χ3n) is 3.83. The van der Waals surface area contributed by atoms with E-state index in [4.69, 9.17) is 4.74 Å². The molecule has 1 aliphatic carbocycles. The van der Waals surface area contributed by atoms with E-state index in [1.165, 1.54) is 37.0 Å². The number of methoxy groups -OCH3 is 2. The zero-order chi connectivity index (χ0) is 17.5. The lowest BCUT2D eigenvalue weighted by Gasteiger charge is -2.10. The molecule has 1 fully saturated rings. The lowest BCUT2D eigenvalue weighted by Crippen LogP contribution is -2.05. The van der Waals surface area contributed by atoms with Crippen molar-refractivity contribution in [2.75, 3.05) is 14.2 Å². The van der Waals surface area contributed by atoms with Gasteiger partial charge in [0.15, 0.2) is 5.69 Å². The Hall–Kier alpha value is -2.51. The number of aromatic nitrogens is 2. The second-order valence-electron chi connectivity index (χ2n) is 5.49. The molecule has 8 heteroatoms. The second-order valence-corrected chi connectivity index (χ2v) is 5.49. The van der Waals surface area contributed by atoms with E-state index in [9.17, 15) is 18.0 Å². The number of hydrogen-bond acceptors (Lipinski definition) is 4. The van der Waals surface area contributed by atoms with Crippen molar-refractivity contribution in [1.82, 2.24) is 9.55 Å². The smallest absolute Gasteiger partial charge is 0.434 e. The van der Waals surface area contributed by atoms with Gasteiger partial charge in [-0.1, -0.05) is 6.07 Å². The van der Waals surface area contributed by atoms with Crippen LogP contribution in [0.4, 0.5) is 13.2 Å². The number of hydrogen-bond donors (Lipinski definition) is 0. The van der Waals surface area contributed by atoms with E-state index >= 15 is 0 Å². The first-order valence-corrected chi connectivity index (χ1v) is 7.28. The molecule has 24 heavy (non-hydrogen) atoms. The number of nitrogens with zero attached hydrogens (tertiary/aromatic N) is 2. The number of halogens is 3. The third-order valence-corrected chi connectivity index (χ3v) is 3.83. The molecule has 0 N–H and O–H groups in total. The van der Waals surface area contributed by atoms with E-state index in [0.717, 1.165) is 19.0 Å². The van der Waals surface area contributed by atoms with Gasteiger partial charge in [-0.05, 0) is 25.0 Å². The first kappa shape index (κ1) is 16.4. The summed E-state index contributed by atoms with van der Waals surface area (Å²) < 4.78 is 50.3. The molecular formula is C16H15F3N2O3. The third kappa shape index (κ3) is 2.95. The summed E-state index contributed by atoms with van der Waals surface area (Å²) >= 11 is 0. The van der Waals surface area contributed by atoms with Crippen molar-refractivity contribution in [2.24, 2.45) is 0 Å². The van der Waals surface area contributed by atoms with Crippen molar-refractivity contribution >= 4 is 5.97 Å². The maximum atomic E-state index is 13.0. The predicted molar refractivity (Wildman–Crippen MR) is 78.8 cm³/mol. The Labute approximate surface area is 136 Å². The molecular weight excluding hydrogens is 325 g/mol. The van der Waals surface area contributed by atoms with Gasteiger partial charge in [0, 0.05) is 17.8 Å². The molecule has 0 spiro atoms. The van der Waals surface area contributed by atoms with Gasteiger partial charge < -0.3 is 14.0 Å². The van der Waals surface area contributed by atoms with Crippen molar-refractivity contribution in [1.29, 1.82) is 0 Å². The number of carbonyl (C=O) groups excluding carboxylic acids is 1. The summed E-state index contributed by atoms with van der Waals surface area (Å²) in [6.07, 6.45) is -1.84. The molecule has 1 saturated carbocycles. The van der Waals surface area contributed by atoms with Gasteiger partial charge in [-0.25, -0.2) is 9.78 Å². The average Bonchev–Trinajstić information content (AvgIpc) is 3.30. The van der Waals surface area contributed by atoms with Crippen LogP contribution >= 0.6 is 0 Å². The van der Waals surface area contributed by atoms with E-state index in [1.807, 2.05) is 0 Å². The molecule has 0 saturated heterocycles. The van der Waals surface area contributed by atoms with Gasteiger partial charge in [-0.3, -0.25) is 0 Å². The van der Waals surface area contributed by atoms with Crippen LogP contribution in [0.1, 0.15) is 34.9 Å². The molecule has 1 heterocycles. The van der Waals surface area contributed by atoms with Gasteiger partial charge in [-0.2, -0.15) is 13.2 Å². The summed E-state index contributed by atoms with van der Waals surface area (Å²) in [5.74, 6) is -0.155. The molecule has 2 aromatic rings. The van der Waals surface area contributed by atoms with Crippen molar-refractivity contribution in [3.8, 4) is 17.1 Å². The monoisotopic (exact) mass is 340 g/mol. The van der Waals surface area contributed by atoms with Crippen LogP contribution in [-0.2, 0) is 10.9 Å². The van der Waals surface area contributed by atoms with Gasteiger partial charge in [0.25, 0.3) is 0 Å². The molecule has 0 aliphatic heterocycles. The van der Waals surface area contributed by atoms with E-state index in [-0.39, 0.29) is 23.2 Å². The fourth-order valence-electron chi connectivity index (χ4n) is 2.48. The summed E-state index contributed by atoms with van der Waals surface area (Å²) in [4.78, 5) is 15.4. The molecule has 128 valence electrons. The minimum absolute atomic E-state index is 0.0230. The van der Waals surface area contributed by atoms with Gasteiger partial charge in [0.1, 0.15) is 17.1 Å². The maximum absolute atomic E-state index is 13.0. The quantitative estimate of drug-likeness (QED) is 0.797.